The molecule has 0 atom stereocenters. The van der Waals surface area contributed by atoms with E-state index in [0.717, 1.165) is 38.1 Å². The lowest BCUT2D eigenvalue weighted by Gasteiger charge is -2.35. The molecule has 1 aromatic carbocycles. The molecule has 0 N–H and O–H groups in total. The standard InChI is InChI=1S/C19H23F3N2O3/c20-19(21,22)27-16-6-4-14(5-7-16)17(25)24-12-8-15(9-13-24)18(26)23-10-2-1-3-11-23/h4-7,15H,1-3,8-13H2. The third-order valence-electron chi connectivity index (χ3n) is 5.13. The molecule has 27 heavy (non-hydrogen) atoms. The molecule has 2 amide bonds. The van der Waals surface area contributed by atoms with Crippen LogP contribution in [0.15, 0.2) is 24.3 Å². The summed E-state index contributed by atoms with van der Waals surface area (Å²) in [5, 5.41) is 0. The van der Waals surface area contributed by atoms with Crippen molar-refractivity contribution >= 4 is 11.8 Å². The van der Waals surface area contributed by atoms with Crippen LogP contribution in [0.1, 0.15) is 42.5 Å². The Morgan fingerprint density at radius 3 is 2.04 bits per heavy atom. The predicted octanol–water partition coefficient (Wildman–Crippen LogP) is 3.45. The molecule has 2 fully saturated rings. The van der Waals surface area contributed by atoms with E-state index in [1.165, 1.54) is 18.6 Å². The Hall–Kier alpha value is -2.25. The number of hydrogen-bond acceptors (Lipinski definition) is 3. The Morgan fingerprint density at radius 2 is 1.48 bits per heavy atom. The minimum atomic E-state index is -4.76. The van der Waals surface area contributed by atoms with Crippen LogP contribution in [0.25, 0.3) is 0 Å². The number of benzene rings is 1. The fourth-order valence-electron chi connectivity index (χ4n) is 3.68. The number of likely N-dealkylation sites (tertiary alicyclic amines) is 2. The van der Waals surface area contributed by atoms with Crippen LogP contribution in [-0.2, 0) is 4.79 Å². The SMILES string of the molecule is O=C(c1ccc(OC(F)(F)F)cc1)N1CCC(C(=O)N2CCCCC2)CC1. The lowest BCUT2D eigenvalue weighted by molar-refractivity contribution is -0.274. The molecule has 0 saturated carbocycles. The first kappa shape index (κ1) is 19.5. The average Bonchev–Trinajstić information content (AvgIpc) is 2.67. The van der Waals surface area contributed by atoms with Crippen molar-refractivity contribution in [2.24, 2.45) is 5.92 Å². The predicted molar refractivity (Wildman–Crippen MR) is 92.2 cm³/mol. The first-order valence-electron chi connectivity index (χ1n) is 9.27. The molecule has 2 heterocycles. The lowest BCUT2D eigenvalue weighted by Crippen LogP contribution is -2.45. The summed E-state index contributed by atoms with van der Waals surface area (Å²) in [4.78, 5) is 28.7. The van der Waals surface area contributed by atoms with Gasteiger partial charge in [0.25, 0.3) is 5.91 Å². The Morgan fingerprint density at radius 1 is 0.889 bits per heavy atom. The molecular formula is C19H23F3N2O3. The highest BCUT2D eigenvalue weighted by Crippen LogP contribution is 2.25. The highest BCUT2D eigenvalue weighted by Gasteiger charge is 2.32. The van der Waals surface area contributed by atoms with Crippen LogP contribution in [-0.4, -0.2) is 54.2 Å². The number of alkyl halides is 3. The van der Waals surface area contributed by atoms with Gasteiger partial charge in [-0.2, -0.15) is 0 Å². The van der Waals surface area contributed by atoms with Crippen LogP contribution < -0.4 is 4.74 Å². The maximum atomic E-state index is 12.6. The van der Waals surface area contributed by atoms with Crippen molar-refractivity contribution in [3.63, 3.8) is 0 Å². The largest absolute Gasteiger partial charge is 0.573 e. The summed E-state index contributed by atoms with van der Waals surface area (Å²) in [5.41, 5.74) is 0.310. The third kappa shape index (κ3) is 5.14. The third-order valence-corrected chi connectivity index (χ3v) is 5.13. The Balaban J connectivity index is 1.53. The van der Waals surface area contributed by atoms with E-state index in [2.05, 4.69) is 4.74 Å². The van der Waals surface area contributed by atoms with E-state index in [0.29, 0.717) is 31.5 Å². The summed E-state index contributed by atoms with van der Waals surface area (Å²) < 4.78 is 40.4. The summed E-state index contributed by atoms with van der Waals surface area (Å²) in [6, 6.07) is 4.92. The second-order valence-electron chi connectivity index (χ2n) is 7.02. The molecule has 0 unspecified atom stereocenters. The smallest absolute Gasteiger partial charge is 0.406 e. The van der Waals surface area contributed by atoms with Gasteiger partial charge in [0, 0.05) is 37.7 Å². The Labute approximate surface area is 156 Å². The van der Waals surface area contributed by atoms with Crippen LogP contribution >= 0.6 is 0 Å². The van der Waals surface area contributed by atoms with Crippen molar-refractivity contribution in [1.29, 1.82) is 0 Å². The number of ether oxygens (including phenoxy) is 1. The van der Waals surface area contributed by atoms with Gasteiger partial charge in [-0.05, 0) is 56.4 Å². The highest BCUT2D eigenvalue weighted by atomic mass is 19.4. The van der Waals surface area contributed by atoms with E-state index in [4.69, 9.17) is 0 Å². The highest BCUT2D eigenvalue weighted by molar-refractivity contribution is 5.94. The minimum Gasteiger partial charge on any atom is -0.406 e. The Kier molecular flexibility index (Phi) is 5.92. The number of carbonyl (C=O) groups excluding carboxylic acids is 2. The molecule has 2 aliphatic heterocycles. The zero-order valence-electron chi connectivity index (χ0n) is 15.0. The van der Waals surface area contributed by atoms with E-state index < -0.39 is 6.36 Å². The van der Waals surface area contributed by atoms with E-state index in [1.54, 1.807) is 4.90 Å². The molecule has 148 valence electrons. The quantitative estimate of drug-likeness (QED) is 0.802. The van der Waals surface area contributed by atoms with Gasteiger partial charge in [0.05, 0.1) is 0 Å². The summed E-state index contributed by atoms with van der Waals surface area (Å²) in [6.07, 6.45) is -0.237. The molecule has 1 aromatic rings. The van der Waals surface area contributed by atoms with E-state index >= 15 is 0 Å². The first-order chi connectivity index (χ1) is 12.8. The normalized spacial score (nSPS) is 19.1. The fraction of sp³-hybridized carbons (Fsp3) is 0.579. The number of rotatable bonds is 3. The van der Waals surface area contributed by atoms with Crippen LogP contribution in [0.2, 0.25) is 0 Å². The van der Waals surface area contributed by atoms with Crippen LogP contribution in [0.5, 0.6) is 5.75 Å². The summed E-state index contributed by atoms with van der Waals surface area (Å²) in [6.45, 7) is 2.60. The van der Waals surface area contributed by atoms with E-state index in [9.17, 15) is 22.8 Å². The number of piperidine rings is 2. The molecule has 0 spiro atoms. The first-order valence-corrected chi connectivity index (χ1v) is 9.27. The maximum Gasteiger partial charge on any atom is 0.573 e. The number of amides is 2. The minimum absolute atomic E-state index is 0.0466. The molecule has 0 bridgehead atoms. The van der Waals surface area contributed by atoms with Gasteiger partial charge >= 0.3 is 6.36 Å². The zero-order valence-corrected chi connectivity index (χ0v) is 15.0. The number of hydrogen-bond donors (Lipinski definition) is 0. The van der Waals surface area contributed by atoms with Crippen molar-refractivity contribution in [2.45, 2.75) is 38.5 Å². The van der Waals surface area contributed by atoms with Crippen molar-refractivity contribution in [3.8, 4) is 5.75 Å². The fourth-order valence-corrected chi connectivity index (χ4v) is 3.68. The second kappa shape index (κ2) is 8.19. The van der Waals surface area contributed by atoms with E-state index in [1.807, 2.05) is 4.90 Å². The summed E-state index contributed by atoms with van der Waals surface area (Å²) in [7, 11) is 0. The van der Waals surface area contributed by atoms with Crippen LogP contribution in [0.4, 0.5) is 13.2 Å². The van der Waals surface area contributed by atoms with Gasteiger partial charge in [-0.25, -0.2) is 0 Å². The molecular weight excluding hydrogens is 361 g/mol. The molecule has 8 heteroatoms. The van der Waals surface area contributed by atoms with Crippen molar-refractivity contribution < 1.29 is 27.5 Å². The van der Waals surface area contributed by atoms with Gasteiger partial charge in [-0.3, -0.25) is 9.59 Å². The summed E-state index contributed by atoms with van der Waals surface area (Å²) >= 11 is 0. The molecule has 5 nitrogen and oxygen atoms in total. The molecule has 0 radical (unpaired) electrons. The summed E-state index contributed by atoms with van der Waals surface area (Å²) in [5.74, 6) is -0.451. The van der Waals surface area contributed by atoms with Gasteiger partial charge in [0.15, 0.2) is 0 Å². The second-order valence-corrected chi connectivity index (χ2v) is 7.02. The van der Waals surface area contributed by atoms with Gasteiger partial charge in [0.1, 0.15) is 5.75 Å². The van der Waals surface area contributed by atoms with Gasteiger partial charge in [-0.1, -0.05) is 0 Å². The Bertz CT molecular complexity index is 662. The molecule has 0 aromatic heterocycles. The molecule has 0 aliphatic carbocycles. The van der Waals surface area contributed by atoms with E-state index in [-0.39, 0.29) is 23.5 Å². The van der Waals surface area contributed by atoms with Crippen LogP contribution in [0.3, 0.4) is 0 Å². The van der Waals surface area contributed by atoms with Crippen LogP contribution in [0, 0.1) is 5.92 Å². The maximum absolute atomic E-state index is 12.6. The number of halogens is 3. The van der Waals surface area contributed by atoms with Gasteiger partial charge in [-0.15, -0.1) is 13.2 Å². The number of nitrogens with zero attached hydrogens (tertiary/aromatic N) is 2. The average molecular weight is 384 g/mol. The molecule has 2 saturated heterocycles. The topological polar surface area (TPSA) is 49.9 Å². The van der Waals surface area contributed by atoms with Gasteiger partial charge < -0.3 is 14.5 Å². The van der Waals surface area contributed by atoms with Gasteiger partial charge in [0.2, 0.25) is 5.91 Å². The monoisotopic (exact) mass is 384 g/mol. The van der Waals surface area contributed by atoms with Crippen molar-refractivity contribution in [1.82, 2.24) is 9.80 Å². The van der Waals surface area contributed by atoms with Crippen molar-refractivity contribution in [2.75, 3.05) is 26.2 Å². The zero-order chi connectivity index (χ0) is 19.4. The molecule has 3 rings (SSSR count). The lowest BCUT2D eigenvalue weighted by atomic mass is 9.94. The number of carbonyl (C=O) groups is 2. The molecule has 2 aliphatic rings. The van der Waals surface area contributed by atoms with Crippen molar-refractivity contribution in [3.05, 3.63) is 29.8 Å².